The zero-order valence-corrected chi connectivity index (χ0v) is 10.4. The molecule has 0 atom stereocenters. The average Bonchev–Trinajstić information content (AvgIpc) is 2.46. The number of aromatic hydroxyl groups is 2. The van der Waals surface area contributed by atoms with Crippen LogP contribution in [0.15, 0.2) is 48.5 Å². The fourth-order valence-corrected chi connectivity index (χ4v) is 2.47. The van der Waals surface area contributed by atoms with E-state index in [1.54, 1.807) is 18.2 Å². The van der Waals surface area contributed by atoms with Crippen molar-refractivity contribution in [3.8, 4) is 11.5 Å². The number of benzene rings is 3. The molecule has 0 aliphatic rings. The zero-order chi connectivity index (χ0) is 13.7. The molecule has 0 saturated heterocycles. The van der Waals surface area contributed by atoms with Gasteiger partial charge in [0, 0.05) is 16.8 Å². The number of hydrogen-bond acceptors (Lipinski definition) is 4. The molecule has 0 aliphatic carbocycles. The second kappa shape index (κ2) is 3.81. The molecule has 3 aromatic carbocycles. The van der Waals surface area contributed by atoms with E-state index >= 15 is 0 Å². The third-order valence-corrected chi connectivity index (χ3v) is 3.41. The van der Waals surface area contributed by atoms with Crippen molar-refractivity contribution in [2.24, 2.45) is 0 Å². The van der Waals surface area contributed by atoms with E-state index in [1.165, 1.54) is 6.07 Å². The van der Waals surface area contributed by atoms with Crippen LogP contribution >= 0.6 is 0 Å². The van der Waals surface area contributed by atoms with Crippen molar-refractivity contribution in [2.45, 2.75) is 0 Å². The normalized spacial score (nSPS) is 11.4. The molecule has 0 radical (unpaired) electrons. The van der Waals surface area contributed by atoms with Gasteiger partial charge in [0.1, 0.15) is 11.5 Å². The summed E-state index contributed by atoms with van der Waals surface area (Å²) in [5.74, 6) is 0.203. The number of phenols is 2. The molecule has 0 aliphatic heterocycles. The lowest BCUT2D eigenvalue weighted by Gasteiger charge is -2.07. The molecule has 4 aromatic rings. The first-order valence-corrected chi connectivity index (χ1v) is 6.23. The number of fused-ring (bicyclic) bond motifs is 4. The molecule has 96 valence electrons. The van der Waals surface area contributed by atoms with E-state index in [9.17, 15) is 10.2 Å². The summed E-state index contributed by atoms with van der Waals surface area (Å²) >= 11 is 0. The monoisotopic (exact) mass is 262 g/mol. The minimum absolute atomic E-state index is 0.0907. The fraction of sp³-hybridized carbons (Fsp3) is 0. The Hall–Kier alpha value is -2.88. The molecule has 1 heterocycles. The Kier molecular flexibility index (Phi) is 2.09. The maximum atomic E-state index is 10.1. The van der Waals surface area contributed by atoms with Gasteiger partial charge in [-0.15, -0.1) is 0 Å². The summed E-state index contributed by atoms with van der Waals surface area (Å²) in [6.45, 7) is 0. The van der Waals surface area contributed by atoms with Crippen LogP contribution in [0.25, 0.3) is 32.8 Å². The second-order valence-electron chi connectivity index (χ2n) is 4.71. The van der Waals surface area contributed by atoms with Gasteiger partial charge in [-0.2, -0.15) is 0 Å². The highest BCUT2D eigenvalue weighted by Gasteiger charge is 2.10. The number of para-hydroxylation sites is 2. The van der Waals surface area contributed by atoms with Crippen LogP contribution < -0.4 is 0 Å². The summed E-state index contributed by atoms with van der Waals surface area (Å²) in [5, 5.41) is 21.0. The summed E-state index contributed by atoms with van der Waals surface area (Å²) < 4.78 is 0. The summed E-state index contributed by atoms with van der Waals surface area (Å²) in [5.41, 5.74) is 2.95. The highest BCUT2D eigenvalue weighted by Crippen LogP contribution is 2.33. The summed E-state index contributed by atoms with van der Waals surface area (Å²) in [4.78, 5) is 9.15. The van der Waals surface area contributed by atoms with E-state index in [4.69, 9.17) is 0 Å². The van der Waals surface area contributed by atoms with Crippen LogP contribution in [0.5, 0.6) is 11.5 Å². The van der Waals surface area contributed by atoms with Gasteiger partial charge in [-0.3, -0.25) is 0 Å². The Morgan fingerprint density at radius 1 is 0.700 bits per heavy atom. The average molecular weight is 262 g/mol. The molecule has 4 rings (SSSR count). The highest BCUT2D eigenvalue weighted by atomic mass is 16.3. The van der Waals surface area contributed by atoms with E-state index in [0.29, 0.717) is 10.9 Å². The number of aromatic nitrogens is 2. The van der Waals surface area contributed by atoms with Gasteiger partial charge in [0.2, 0.25) is 0 Å². The van der Waals surface area contributed by atoms with Gasteiger partial charge in [-0.1, -0.05) is 12.1 Å². The molecule has 0 saturated carbocycles. The molecule has 2 N–H and O–H groups in total. The lowest BCUT2D eigenvalue weighted by atomic mass is 10.1. The van der Waals surface area contributed by atoms with Crippen molar-refractivity contribution in [3.05, 3.63) is 48.5 Å². The van der Waals surface area contributed by atoms with Gasteiger partial charge in [-0.05, 0) is 30.3 Å². The maximum absolute atomic E-state index is 10.1. The van der Waals surface area contributed by atoms with Gasteiger partial charge >= 0.3 is 0 Å². The first kappa shape index (κ1) is 11.0. The van der Waals surface area contributed by atoms with Crippen LogP contribution in [0.3, 0.4) is 0 Å². The molecule has 20 heavy (non-hydrogen) atoms. The van der Waals surface area contributed by atoms with E-state index in [-0.39, 0.29) is 11.5 Å². The molecule has 0 bridgehead atoms. The third kappa shape index (κ3) is 1.48. The highest BCUT2D eigenvalue weighted by molar-refractivity contribution is 6.09. The van der Waals surface area contributed by atoms with E-state index in [0.717, 1.165) is 21.9 Å². The van der Waals surface area contributed by atoms with Crippen LogP contribution in [0, 0.1) is 0 Å². The Morgan fingerprint density at radius 3 is 2.25 bits per heavy atom. The third-order valence-electron chi connectivity index (χ3n) is 3.41. The van der Waals surface area contributed by atoms with Crippen molar-refractivity contribution >= 4 is 32.8 Å². The largest absolute Gasteiger partial charge is 0.508 e. The van der Waals surface area contributed by atoms with Crippen LogP contribution in [0.4, 0.5) is 0 Å². The van der Waals surface area contributed by atoms with Gasteiger partial charge in [0.05, 0.1) is 22.1 Å². The molecule has 1 aromatic heterocycles. The van der Waals surface area contributed by atoms with Crippen LogP contribution in [-0.4, -0.2) is 20.2 Å². The van der Waals surface area contributed by atoms with Gasteiger partial charge < -0.3 is 10.2 Å². The number of rotatable bonds is 0. The van der Waals surface area contributed by atoms with E-state index in [2.05, 4.69) is 9.97 Å². The Balaban J connectivity index is 2.26. The van der Waals surface area contributed by atoms with Crippen molar-refractivity contribution in [2.75, 3.05) is 0 Å². The molecular weight excluding hydrogens is 252 g/mol. The van der Waals surface area contributed by atoms with Crippen molar-refractivity contribution in [1.29, 1.82) is 0 Å². The van der Waals surface area contributed by atoms with Gasteiger partial charge in [-0.25, -0.2) is 9.97 Å². The minimum Gasteiger partial charge on any atom is -0.508 e. The fourth-order valence-electron chi connectivity index (χ4n) is 2.47. The zero-order valence-electron chi connectivity index (χ0n) is 10.4. The predicted molar refractivity (Wildman–Crippen MR) is 77.9 cm³/mol. The van der Waals surface area contributed by atoms with E-state index < -0.39 is 0 Å². The smallest absolute Gasteiger partial charge is 0.125 e. The molecule has 4 heteroatoms. The number of nitrogens with zero attached hydrogens (tertiary/aromatic N) is 2. The first-order valence-electron chi connectivity index (χ1n) is 6.23. The first-order chi connectivity index (χ1) is 9.72. The minimum atomic E-state index is 0.0907. The number of hydrogen-bond donors (Lipinski definition) is 2. The molecule has 0 fully saturated rings. The molecule has 4 nitrogen and oxygen atoms in total. The Bertz CT molecular complexity index is 980. The molecule has 0 unspecified atom stereocenters. The van der Waals surface area contributed by atoms with E-state index in [1.807, 2.05) is 24.3 Å². The predicted octanol–water partition coefficient (Wildman–Crippen LogP) is 3.35. The lowest BCUT2D eigenvalue weighted by molar-refractivity contribution is 0.472. The van der Waals surface area contributed by atoms with Gasteiger partial charge in [0.15, 0.2) is 0 Å². The summed E-state index contributed by atoms with van der Waals surface area (Å²) in [7, 11) is 0. The maximum Gasteiger partial charge on any atom is 0.125 e. The van der Waals surface area contributed by atoms with Crippen molar-refractivity contribution in [3.63, 3.8) is 0 Å². The van der Waals surface area contributed by atoms with Crippen molar-refractivity contribution in [1.82, 2.24) is 9.97 Å². The standard InChI is InChI=1S/C16H10N2O2/c19-9-5-6-10-11(7-9)15(20)8-14-16(10)18-13-4-2-1-3-12(13)17-14/h1-8,19-20H. The SMILES string of the molecule is Oc1ccc2c(c1)c(O)cc1nc3ccccc3nc12. The second-order valence-corrected chi connectivity index (χ2v) is 4.71. The Morgan fingerprint density at radius 2 is 1.45 bits per heavy atom. The summed E-state index contributed by atoms with van der Waals surface area (Å²) in [6.07, 6.45) is 0. The van der Waals surface area contributed by atoms with Crippen molar-refractivity contribution < 1.29 is 10.2 Å². The molecule has 0 spiro atoms. The lowest BCUT2D eigenvalue weighted by Crippen LogP contribution is -1.89. The van der Waals surface area contributed by atoms with Crippen LogP contribution in [-0.2, 0) is 0 Å². The topological polar surface area (TPSA) is 66.2 Å². The Labute approximate surface area is 114 Å². The quantitative estimate of drug-likeness (QED) is 0.377. The van der Waals surface area contributed by atoms with Crippen LogP contribution in [0.1, 0.15) is 0 Å². The van der Waals surface area contributed by atoms with Gasteiger partial charge in [0.25, 0.3) is 0 Å². The molecule has 0 amide bonds. The van der Waals surface area contributed by atoms with Crippen LogP contribution in [0.2, 0.25) is 0 Å². The number of phenolic OH excluding ortho intramolecular Hbond substituents is 2. The summed E-state index contributed by atoms with van der Waals surface area (Å²) in [6, 6.07) is 14.0. The molecular formula is C16H10N2O2.